The smallest absolute Gasteiger partial charge is 0.288 e. The van der Waals surface area contributed by atoms with Gasteiger partial charge in [0.1, 0.15) is 12.0 Å². The average molecular weight is 264 g/mol. The van der Waals surface area contributed by atoms with E-state index < -0.39 is 10.8 Å². The first-order chi connectivity index (χ1) is 9.08. The van der Waals surface area contributed by atoms with Gasteiger partial charge in [-0.2, -0.15) is 0 Å². The molecule has 1 fully saturated rings. The summed E-state index contributed by atoms with van der Waals surface area (Å²) in [7, 11) is 0. The maximum Gasteiger partial charge on any atom is 0.288 e. The largest absolute Gasteiger partial charge is 0.383 e. The first kappa shape index (κ1) is 13.3. The summed E-state index contributed by atoms with van der Waals surface area (Å²) in [6.45, 7) is 0.553. The molecule has 0 aliphatic heterocycles. The van der Waals surface area contributed by atoms with Crippen LogP contribution in [0.5, 0.6) is 0 Å². The van der Waals surface area contributed by atoms with E-state index in [1.807, 2.05) is 0 Å². The fraction of sp³-hybridized carbons (Fsp3) is 0.500. The standard InChI is InChI=1S/C12H16N4O3/c13-11-10(6-9(7-15-11)16(18)19)12(17)14-5-1-2-8-3-4-8/h6-8H,1-5H2,(H2,13,15)(H,14,17). The van der Waals surface area contributed by atoms with E-state index in [9.17, 15) is 14.9 Å². The summed E-state index contributed by atoms with van der Waals surface area (Å²) in [4.78, 5) is 25.5. The van der Waals surface area contributed by atoms with Crippen molar-refractivity contribution in [2.75, 3.05) is 12.3 Å². The number of nitrogen functional groups attached to an aromatic ring is 1. The van der Waals surface area contributed by atoms with Crippen molar-refractivity contribution in [3.05, 3.63) is 27.9 Å². The number of pyridine rings is 1. The Labute approximate surface area is 110 Å². The molecule has 1 aliphatic rings. The number of carbonyl (C=O) groups excluding carboxylic acids is 1. The minimum absolute atomic E-state index is 0.00490. The zero-order chi connectivity index (χ0) is 13.8. The Hall–Kier alpha value is -2.18. The number of aromatic nitrogens is 1. The van der Waals surface area contributed by atoms with Crippen molar-refractivity contribution in [1.82, 2.24) is 10.3 Å². The quantitative estimate of drug-likeness (QED) is 0.459. The molecular formula is C12H16N4O3. The van der Waals surface area contributed by atoms with Gasteiger partial charge in [0.15, 0.2) is 0 Å². The summed E-state index contributed by atoms with van der Waals surface area (Å²) in [5.41, 5.74) is 5.38. The molecule has 1 aromatic rings. The van der Waals surface area contributed by atoms with Gasteiger partial charge in [-0.1, -0.05) is 12.8 Å². The molecule has 3 N–H and O–H groups in total. The van der Waals surface area contributed by atoms with E-state index in [4.69, 9.17) is 5.73 Å². The second-order valence-electron chi connectivity index (χ2n) is 4.72. The maximum absolute atomic E-state index is 11.8. The third-order valence-electron chi connectivity index (χ3n) is 3.13. The van der Waals surface area contributed by atoms with Gasteiger partial charge in [-0.3, -0.25) is 14.9 Å². The molecule has 7 nitrogen and oxygen atoms in total. The topological polar surface area (TPSA) is 111 Å². The Bertz CT molecular complexity index is 500. The molecule has 0 saturated heterocycles. The third kappa shape index (κ3) is 3.64. The Kier molecular flexibility index (Phi) is 3.94. The highest BCUT2D eigenvalue weighted by Gasteiger charge is 2.20. The Morgan fingerprint density at radius 1 is 1.58 bits per heavy atom. The molecular weight excluding hydrogens is 248 g/mol. The number of nitrogens with one attached hydrogen (secondary N) is 1. The van der Waals surface area contributed by atoms with Gasteiger partial charge < -0.3 is 11.1 Å². The van der Waals surface area contributed by atoms with Crippen LogP contribution in [0.25, 0.3) is 0 Å². The third-order valence-corrected chi connectivity index (χ3v) is 3.13. The number of hydrogen-bond donors (Lipinski definition) is 2. The molecule has 1 saturated carbocycles. The van der Waals surface area contributed by atoms with Gasteiger partial charge in [-0.05, 0) is 18.8 Å². The molecule has 1 amide bonds. The number of nitrogens with two attached hydrogens (primary N) is 1. The summed E-state index contributed by atoms with van der Waals surface area (Å²) >= 11 is 0. The summed E-state index contributed by atoms with van der Waals surface area (Å²) in [6.07, 6.45) is 5.65. The highest BCUT2D eigenvalue weighted by molar-refractivity contribution is 5.98. The van der Waals surface area contributed by atoms with Crippen LogP contribution >= 0.6 is 0 Å². The predicted molar refractivity (Wildman–Crippen MR) is 69.6 cm³/mol. The second kappa shape index (κ2) is 5.64. The van der Waals surface area contributed by atoms with Crippen molar-refractivity contribution in [1.29, 1.82) is 0 Å². The van der Waals surface area contributed by atoms with E-state index in [0.717, 1.165) is 31.0 Å². The van der Waals surface area contributed by atoms with E-state index >= 15 is 0 Å². The van der Waals surface area contributed by atoms with Crippen molar-refractivity contribution >= 4 is 17.4 Å². The molecule has 7 heteroatoms. The molecule has 1 aliphatic carbocycles. The van der Waals surface area contributed by atoms with E-state index in [2.05, 4.69) is 10.3 Å². The van der Waals surface area contributed by atoms with Gasteiger partial charge in [0.25, 0.3) is 11.6 Å². The molecule has 1 aromatic heterocycles. The molecule has 19 heavy (non-hydrogen) atoms. The fourth-order valence-corrected chi connectivity index (χ4v) is 1.84. The zero-order valence-corrected chi connectivity index (χ0v) is 10.5. The van der Waals surface area contributed by atoms with E-state index in [1.165, 1.54) is 12.8 Å². The van der Waals surface area contributed by atoms with Crippen LogP contribution in [-0.4, -0.2) is 22.4 Å². The second-order valence-corrected chi connectivity index (χ2v) is 4.72. The van der Waals surface area contributed by atoms with Gasteiger partial charge in [-0.25, -0.2) is 4.98 Å². The van der Waals surface area contributed by atoms with E-state index in [1.54, 1.807) is 0 Å². The Morgan fingerprint density at radius 3 is 2.95 bits per heavy atom. The molecule has 0 atom stereocenters. The Balaban J connectivity index is 1.92. The molecule has 2 rings (SSSR count). The summed E-state index contributed by atoms with van der Waals surface area (Å²) in [6, 6.07) is 1.15. The minimum Gasteiger partial charge on any atom is -0.383 e. The van der Waals surface area contributed by atoms with Crippen molar-refractivity contribution in [2.45, 2.75) is 25.7 Å². The highest BCUT2D eigenvalue weighted by atomic mass is 16.6. The number of rotatable bonds is 6. The van der Waals surface area contributed by atoms with Crippen LogP contribution in [0.3, 0.4) is 0 Å². The van der Waals surface area contributed by atoms with Crippen molar-refractivity contribution in [3.63, 3.8) is 0 Å². The van der Waals surface area contributed by atoms with Crippen LogP contribution < -0.4 is 11.1 Å². The lowest BCUT2D eigenvalue weighted by molar-refractivity contribution is -0.385. The maximum atomic E-state index is 11.8. The molecule has 0 unspecified atom stereocenters. The number of anilines is 1. The van der Waals surface area contributed by atoms with E-state index in [0.29, 0.717) is 6.54 Å². The number of hydrogen-bond acceptors (Lipinski definition) is 5. The summed E-state index contributed by atoms with van der Waals surface area (Å²) < 4.78 is 0. The molecule has 0 spiro atoms. The minimum atomic E-state index is -0.601. The first-order valence-electron chi connectivity index (χ1n) is 6.26. The fourth-order valence-electron chi connectivity index (χ4n) is 1.84. The number of carbonyl (C=O) groups is 1. The van der Waals surface area contributed by atoms with Crippen molar-refractivity contribution in [2.24, 2.45) is 5.92 Å². The lowest BCUT2D eigenvalue weighted by atomic mass is 10.2. The predicted octanol–water partition coefficient (Wildman–Crippen LogP) is 1.49. The number of nitrogens with zero attached hydrogens (tertiary/aromatic N) is 2. The van der Waals surface area contributed by atoms with Gasteiger partial charge in [0.2, 0.25) is 0 Å². The summed E-state index contributed by atoms with van der Waals surface area (Å²) in [5.74, 6) is 0.413. The molecule has 102 valence electrons. The highest BCUT2D eigenvalue weighted by Crippen LogP contribution is 2.33. The van der Waals surface area contributed by atoms with Gasteiger partial charge in [0.05, 0.1) is 10.5 Å². The lowest BCUT2D eigenvalue weighted by Crippen LogP contribution is -2.25. The molecule has 0 bridgehead atoms. The van der Waals surface area contributed by atoms with Crippen LogP contribution in [0, 0.1) is 16.0 Å². The molecule has 1 heterocycles. The van der Waals surface area contributed by atoms with E-state index in [-0.39, 0.29) is 17.1 Å². The van der Waals surface area contributed by atoms with Crippen LogP contribution in [0.4, 0.5) is 11.5 Å². The van der Waals surface area contributed by atoms with Gasteiger partial charge in [0, 0.05) is 12.6 Å². The van der Waals surface area contributed by atoms with Crippen LogP contribution in [0.2, 0.25) is 0 Å². The van der Waals surface area contributed by atoms with Gasteiger partial charge in [-0.15, -0.1) is 0 Å². The number of nitro groups is 1. The lowest BCUT2D eigenvalue weighted by Gasteiger charge is -2.06. The Morgan fingerprint density at radius 2 is 2.32 bits per heavy atom. The van der Waals surface area contributed by atoms with Crippen LogP contribution in [0.1, 0.15) is 36.0 Å². The molecule has 0 aromatic carbocycles. The first-order valence-corrected chi connectivity index (χ1v) is 6.26. The number of amides is 1. The molecule has 0 radical (unpaired) electrons. The SMILES string of the molecule is Nc1ncc([N+](=O)[O-])cc1C(=O)NCCCC1CC1. The van der Waals surface area contributed by atoms with Gasteiger partial charge >= 0.3 is 0 Å². The van der Waals surface area contributed by atoms with Crippen molar-refractivity contribution < 1.29 is 9.72 Å². The zero-order valence-electron chi connectivity index (χ0n) is 10.5. The monoisotopic (exact) mass is 264 g/mol. The average Bonchev–Trinajstić information content (AvgIpc) is 3.18. The van der Waals surface area contributed by atoms with Crippen molar-refractivity contribution in [3.8, 4) is 0 Å². The summed E-state index contributed by atoms with van der Waals surface area (Å²) in [5, 5.41) is 13.3. The normalized spacial score (nSPS) is 14.1. The van der Waals surface area contributed by atoms with Crippen LogP contribution in [0.15, 0.2) is 12.3 Å². The van der Waals surface area contributed by atoms with Crippen LogP contribution in [-0.2, 0) is 0 Å².